The molecule has 0 aromatic rings. The molecular formula is C38H76N2O7P+. The Morgan fingerprint density at radius 1 is 0.708 bits per heavy atom. The minimum atomic E-state index is -4.41. The van der Waals surface area contributed by atoms with Crippen LogP contribution in [0, 0.1) is 0 Å². The third-order valence-electron chi connectivity index (χ3n) is 8.52. The number of phosphoric acid groups is 1. The second-order valence-electron chi connectivity index (χ2n) is 14.4. The van der Waals surface area contributed by atoms with E-state index in [1.165, 1.54) is 77.0 Å². The molecule has 0 aromatic heterocycles. The molecule has 0 spiro atoms. The highest BCUT2D eigenvalue weighted by Gasteiger charge is 2.31. The zero-order valence-corrected chi connectivity index (χ0v) is 32.5. The Morgan fingerprint density at radius 2 is 1.19 bits per heavy atom. The molecule has 0 aliphatic rings. The molecule has 48 heavy (non-hydrogen) atoms. The predicted molar refractivity (Wildman–Crippen MR) is 200 cm³/mol. The van der Waals surface area contributed by atoms with Gasteiger partial charge in [0.1, 0.15) is 19.3 Å². The summed E-state index contributed by atoms with van der Waals surface area (Å²) in [5.41, 5.74) is 0. The summed E-state index contributed by atoms with van der Waals surface area (Å²) in [5.74, 6) is -0.275. The maximum atomic E-state index is 12.8. The van der Waals surface area contributed by atoms with Crippen LogP contribution in [0.4, 0.5) is 0 Å². The van der Waals surface area contributed by atoms with E-state index in [1.54, 1.807) is 0 Å². The van der Waals surface area contributed by atoms with Gasteiger partial charge in [-0.25, -0.2) is 4.57 Å². The summed E-state index contributed by atoms with van der Waals surface area (Å²) < 4.78 is 23.4. The van der Waals surface area contributed by atoms with Crippen molar-refractivity contribution in [3.05, 3.63) is 24.3 Å². The number of nitrogens with zero attached hydrogens (tertiary/aromatic N) is 1. The van der Waals surface area contributed by atoms with Gasteiger partial charge in [0, 0.05) is 6.42 Å². The number of aliphatic hydroxyl groups is 2. The van der Waals surface area contributed by atoms with Crippen LogP contribution < -0.4 is 5.32 Å². The van der Waals surface area contributed by atoms with Gasteiger partial charge in [0.15, 0.2) is 0 Å². The van der Waals surface area contributed by atoms with Crippen LogP contribution in [0.2, 0.25) is 0 Å². The number of quaternary nitrogens is 1. The van der Waals surface area contributed by atoms with E-state index in [1.807, 2.05) is 21.1 Å². The zero-order chi connectivity index (χ0) is 35.9. The van der Waals surface area contributed by atoms with Gasteiger partial charge in [-0.3, -0.25) is 13.8 Å². The van der Waals surface area contributed by atoms with Crippen LogP contribution >= 0.6 is 7.82 Å². The summed E-state index contributed by atoms with van der Waals surface area (Å²) in [5, 5.41) is 24.5. The van der Waals surface area contributed by atoms with E-state index in [0.717, 1.165) is 44.9 Å². The Balaban J connectivity index is 4.69. The maximum Gasteiger partial charge on any atom is 0.472 e. The lowest BCUT2D eigenvalue weighted by atomic mass is 10.0. The molecule has 1 amide bonds. The van der Waals surface area contributed by atoms with Crippen LogP contribution in [0.3, 0.4) is 0 Å². The van der Waals surface area contributed by atoms with Crippen molar-refractivity contribution in [3.8, 4) is 0 Å². The van der Waals surface area contributed by atoms with Crippen LogP contribution in [0.25, 0.3) is 0 Å². The van der Waals surface area contributed by atoms with Gasteiger partial charge in [-0.05, 0) is 51.4 Å². The van der Waals surface area contributed by atoms with E-state index in [2.05, 4.69) is 43.5 Å². The fourth-order valence-corrected chi connectivity index (χ4v) is 6.07. The second-order valence-corrected chi connectivity index (χ2v) is 15.9. The minimum absolute atomic E-state index is 0.0151. The van der Waals surface area contributed by atoms with Crippen molar-refractivity contribution in [2.24, 2.45) is 0 Å². The lowest BCUT2D eigenvalue weighted by molar-refractivity contribution is -0.870. The molecule has 0 saturated heterocycles. The first-order valence-electron chi connectivity index (χ1n) is 19.3. The topological polar surface area (TPSA) is 125 Å². The lowest BCUT2D eigenvalue weighted by Gasteiger charge is -2.28. The highest BCUT2D eigenvalue weighted by Crippen LogP contribution is 2.43. The van der Waals surface area contributed by atoms with Crippen LogP contribution in [0.1, 0.15) is 155 Å². The lowest BCUT2D eigenvalue weighted by Crippen LogP contribution is -2.51. The van der Waals surface area contributed by atoms with Crippen molar-refractivity contribution in [2.45, 2.75) is 173 Å². The molecule has 0 aliphatic carbocycles. The number of phosphoric ester groups is 1. The van der Waals surface area contributed by atoms with Gasteiger partial charge in [-0.1, -0.05) is 122 Å². The summed E-state index contributed by atoms with van der Waals surface area (Å²) in [6.07, 6.45) is 29.5. The van der Waals surface area contributed by atoms with E-state index in [4.69, 9.17) is 9.05 Å². The van der Waals surface area contributed by atoms with Crippen molar-refractivity contribution in [2.75, 3.05) is 40.9 Å². The standard InChI is InChI=1S/C38H75N2O7P/c1-6-8-10-12-14-16-18-20-22-24-26-28-30-36(41)38(43)35(34-47-48(44,45)46-33-32-40(3,4)5)39-37(42)31-29-27-25-23-21-19-17-15-13-11-9-7-2/h14,16,22,24,35-36,38,41,43H,6-13,15,17-21,23,25-34H2,1-5H3,(H-,39,42,44,45)/p+1/b16-14+,24-22+. The largest absolute Gasteiger partial charge is 0.472 e. The number of likely N-dealkylation sites (N-methyl/N-ethyl adjacent to an activating group) is 1. The van der Waals surface area contributed by atoms with E-state index >= 15 is 0 Å². The number of rotatable bonds is 34. The Hall–Kier alpha value is -1.06. The number of unbranched alkanes of at least 4 members (excludes halogenated alkanes) is 16. The zero-order valence-electron chi connectivity index (χ0n) is 31.6. The smallest absolute Gasteiger partial charge is 0.390 e. The maximum absolute atomic E-state index is 12.8. The highest BCUT2D eigenvalue weighted by atomic mass is 31.2. The van der Waals surface area contributed by atoms with E-state index in [9.17, 15) is 24.5 Å². The Morgan fingerprint density at radius 3 is 1.73 bits per heavy atom. The normalized spacial score (nSPS) is 15.6. The monoisotopic (exact) mass is 704 g/mol. The highest BCUT2D eigenvalue weighted by molar-refractivity contribution is 7.47. The first-order chi connectivity index (χ1) is 22.9. The van der Waals surface area contributed by atoms with Crippen LogP contribution in [-0.2, 0) is 18.4 Å². The minimum Gasteiger partial charge on any atom is -0.390 e. The average molecular weight is 704 g/mol. The number of nitrogens with one attached hydrogen (secondary N) is 1. The molecule has 0 radical (unpaired) electrons. The molecule has 0 rings (SSSR count). The van der Waals surface area contributed by atoms with Gasteiger partial charge in [0.05, 0.1) is 39.9 Å². The number of carbonyl (C=O) groups is 1. The SMILES string of the molecule is CCCCC/C=C/CC/C=C/CCCC(O)C(O)C(COP(=O)(O)OCC[N+](C)(C)C)NC(=O)CCCCCCCCCCCCCC. The molecule has 0 aliphatic heterocycles. The summed E-state index contributed by atoms with van der Waals surface area (Å²) in [6, 6.07) is -1.05. The Kier molecular flexibility index (Phi) is 30.1. The summed E-state index contributed by atoms with van der Waals surface area (Å²) in [7, 11) is 1.41. The number of carbonyl (C=O) groups excluding carboxylic acids is 1. The molecule has 4 N–H and O–H groups in total. The number of allylic oxidation sites excluding steroid dienone is 4. The van der Waals surface area contributed by atoms with Crippen molar-refractivity contribution in [1.82, 2.24) is 5.32 Å². The van der Waals surface area contributed by atoms with E-state index in [0.29, 0.717) is 23.9 Å². The summed E-state index contributed by atoms with van der Waals surface area (Å²) >= 11 is 0. The van der Waals surface area contributed by atoms with Gasteiger partial charge in [-0.15, -0.1) is 0 Å². The van der Waals surface area contributed by atoms with E-state index < -0.39 is 32.7 Å². The molecule has 0 fully saturated rings. The molecule has 9 nitrogen and oxygen atoms in total. The first-order valence-corrected chi connectivity index (χ1v) is 20.8. The average Bonchev–Trinajstić information content (AvgIpc) is 3.02. The molecular weight excluding hydrogens is 627 g/mol. The summed E-state index contributed by atoms with van der Waals surface area (Å²) in [6.45, 7) is 4.51. The Bertz CT molecular complexity index is 862. The molecule has 0 aromatic carbocycles. The van der Waals surface area contributed by atoms with Gasteiger partial charge in [0.25, 0.3) is 0 Å². The molecule has 10 heteroatoms. The molecule has 0 bridgehead atoms. The van der Waals surface area contributed by atoms with Crippen molar-refractivity contribution >= 4 is 13.7 Å². The van der Waals surface area contributed by atoms with Gasteiger partial charge in [0.2, 0.25) is 5.91 Å². The van der Waals surface area contributed by atoms with E-state index in [-0.39, 0.29) is 18.9 Å². The summed E-state index contributed by atoms with van der Waals surface area (Å²) in [4.78, 5) is 23.0. The molecule has 0 saturated carbocycles. The van der Waals surface area contributed by atoms with Gasteiger partial charge < -0.3 is 24.9 Å². The molecule has 0 heterocycles. The number of amides is 1. The molecule has 4 unspecified atom stereocenters. The third-order valence-corrected chi connectivity index (χ3v) is 9.51. The van der Waals surface area contributed by atoms with Gasteiger partial charge in [-0.2, -0.15) is 0 Å². The molecule has 284 valence electrons. The number of hydrogen-bond donors (Lipinski definition) is 4. The number of hydrogen-bond acceptors (Lipinski definition) is 6. The predicted octanol–water partition coefficient (Wildman–Crippen LogP) is 8.77. The van der Waals surface area contributed by atoms with Gasteiger partial charge >= 0.3 is 7.82 Å². The Labute approximate surface area is 295 Å². The van der Waals surface area contributed by atoms with Crippen molar-refractivity contribution in [1.29, 1.82) is 0 Å². The second kappa shape index (κ2) is 30.7. The third kappa shape index (κ3) is 31.0. The quantitative estimate of drug-likeness (QED) is 0.0229. The first kappa shape index (κ1) is 46.9. The number of aliphatic hydroxyl groups excluding tert-OH is 2. The van der Waals surface area contributed by atoms with Crippen molar-refractivity contribution in [3.63, 3.8) is 0 Å². The van der Waals surface area contributed by atoms with Crippen molar-refractivity contribution < 1.29 is 38.0 Å². The van der Waals surface area contributed by atoms with Crippen LogP contribution in [0.5, 0.6) is 0 Å². The fraction of sp³-hybridized carbons (Fsp3) is 0.868. The van der Waals surface area contributed by atoms with Crippen LogP contribution in [0.15, 0.2) is 24.3 Å². The van der Waals surface area contributed by atoms with Crippen LogP contribution in [-0.4, -0.2) is 84.6 Å². The fourth-order valence-electron chi connectivity index (χ4n) is 5.33. The molecule has 4 atom stereocenters.